The molecule has 9 nitrogen and oxygen atoms in total. The SMILES string of the molecule is CCOC(C)n1cc(-c2c(NC=O)cnn3c(C(N)=O)ccc23)cn1. The number of rotatable bonds is 7. The zero-order valence-corrected chi connectivity index (χ0v) is 13.8. The molecule has 3 rings (SSSR count). The van der Waals surface area contributed by atoms with Crippen LogP contribution in [0.5, 0.6) is 0 Å². The van der Waals surface area contributed by atoms with E-state index in [9.17, 15) is 9.59 Å². The number of nitrogens with zero attached hydrogens (tertiary/aromatic N) is 4. The van der Waals surface area contributed by atoms with E-state index < -0.39 is 5.91 Å². The third-order valence-electron chi connectivity index (χ3n) is 3.82. The topological polar surface area (TPSA) is 117 Å². The zero-order chi connectivity index (χ0) is 18.0. The van der Waals surface area contributed by atoms with Crippen molar-refractivity contribution in [2.75, 3.05) is 11.9 Å². The first kappa shape index (κ1) is 16.7. The normalized spacial score (nSPS) is 12.2. The minimum atomic E-state index is -0.588. The van der Waals surface area contributed by atoms with Gasteiger partial charge in [-0.2, -0.15) is 10.2 Å². The lowest BCUT2D eigenvalue weighted by molar-refractivity contribution is -0.105. The number of primary amides is 1. The lowest BCUT2D eigenvalue weighted by atomic mass is 10.1. The second kappa shape index (κ2) is 6.73. The quantitative estimate of drug-likeness (QED) is 0.630. The van der Waals surface area contributed by atoms with E-state index in [-0.39, 0.29) is 11.9 Å². The maximum atomic E-state index is 11.6. The largest absolute Gasteiger partial charge is 0.364 e. The fraction of sp³-hybridized carbons (Fsp3) is 0.250. The van der Waals surface area contributed by atoms with Gasteiger partial charge in [-0.25, -0.2) is 9.20 Å². The molecule has 0 radical (unpaired) electrons. The second-order valence-corrected chi connectivity index (χ2v) is 5.34. The summed E-state index contributed by atoms with van der Waals surface area (Å²) in [5, 5.41) is 11.1. The average molecular weight is 342 g/mol. The molecule has 130 valence electrons. The molecule has 3 N–H and O–H groups in total. The Bertz CT molecular complexity index is 929. The molecule has 0 saturated heterocycles. The predicted octanol–water partition coefficient (Wildman–Crippen LogP) is 1.42. The minimum Gasteiger partial charge on any atom is -0.364 e. The summed E-state index contributed by atoms with van der Waals surface area (Å²) in [5.41, 5.74) is 8.20. The number of nitrogens with two attached hydrogens (primary N) is 1. The summed E-state index contributed by atoms with van der Waals surface area (Å²) < 4.78 is 8.65. The van der Waals surface area contributed by atoms with Gasteiger partial charge in [-0.1, -0.05) is 0 Å². The lowest BCUT2D eigenvalue weighted by Gasteiger charge is -2.12. The number of amides is 2. The molecule has 2 amide bonds. The van der Waals surface area contributed by atoms with E-state index >= 15 is 0 Å². The number of ether oxygens (including phenoxy) is 1. The van der Waals surface area contributed by atoms with Crippen LogP contribution in [-0.2, 0) is 9.53 Å². The number of carbonyl (C=O) groups is 2. The van der Waals surface area contributed by atoms with E-state index in [2.05, 4.69) is 15.5 Å². The molecule has 3 aromatic rings. The molecule has 9 heteroatoms. The van der Waals surface area contributed by atoms with E-state index in [1.165, 1.54) is 10.7 Å². The van der Waals surface area contributed by atoms with Crippen LogP contribution >= 0.6 is 0 Å². The van der Waals surface area contributed by atoms with Crippen LogP contribution < -0.4 is 11.1 Å². The Morgan fingerprint density at radius 1 is 1.40 bits per heavy atom. The number of fused-ring (bicyclic) bond motifs is 1. The number of aromatic nitrogens is 4. The van der Waals surface area contributed by atoms with Crippen molar-refractivity contribution in [3.63, 3.8) is 0 Å². The molecule has 1 unspecified atom stereocenters. The summed E-state index contributed by atoms with van der Waals surface area (Å²) >= 11 is 0. The molecular formula is C16H18N6O3. The van der Waals surface area contributed by atoms with Gasteiger partial charge in [-0.15, -0.1) is 0 Å². The van der Waals surface area contributed by atoms with Crippen molar-refractivity contribution in [1.29, 1.82) is 0 Å². The third-order valence-corrected chi connectivity index (χ3v) is 3.82. The summed E-state index contributed by atoms with van der Waals surface area (Å²) in [4.78, 5) is 22.5. The van der Waals surface area contributed by atoms with Crippen molar-refractivity contribution in [1.82, 2.24) is 19.4 Å². The van der Waals surface area contributed by atoms with Crippen molar-refractivity contribution in [3.05, 3.63) is 36.4 Å². The Kier molecular flexibility index (Phi) is 4.48. The molecule has 0 fully saturated rings. The molecular weight excluding hydrogens is 324 g/mol. The van der Waals surface area contributed by atoms with Gasteiger partial charge in [-0.05, 0) is 26.0 Å². The van der Waals surface area contributed by atoms with Crippen LogP contribution in [0.1, 0.15) is 30.6 Å². The van der Waals surface area contributed by atoms with Gasteiger partial charge in [0.1, 0.15) is 11.9 Å². The Labute approximate surface area is 143 Å². The average Bonchev–Trinajstić information content (AvgIpc) is 3.22. The maximum absolute atomic E-state index is 11.6. The molecule has 0 saturated carbocycles. The van der Waals surface area contributed by atoms with Crippen molar-refractivity contribution in [2.24, 2.45) is 5.73 Å². The molecule has 25 heavy (non-hydrogen) atoms. The van der Waals surface area contributed by atoms with Crippen LogP contribution in [0.2, 0.25) is 0 Å². The standard InChI is InChI=1S/C16H18N6O3/c1-3-25-10(2)21-8-11(6-19-21)15-12(18-9-23)7-20-22-13(15)4-5-14(22)16(17)24/h4-10H,3H2,1-2H3,(H2,17,24)(H,18,23). The van der Waals surface area contributed by atoms with E-state index in [0.717, 1.165) is 5.56 Å². The molecule has 0 spiro atoms. The summed E-state index contributed by atoms with van der Waals surface area (Å²) in [7, 11) is 0. The van der Waals surface area contributed by atoms with Crippen molar-refractivity contribution in [2.45, 2.75) is 20.1 Å². The molecule has 0 aromatic carbocycles. The highest BCUT2D eigenvalue weighted by Crippen LogP contribution is 2.32. The maximum Gasteiger partial charge on any atom is 0.267 e. The first-order valence-corrected chi connectivity index (χ1v) is 7.73. The summed E-state index contributed by atoms with van der Waals surface area (Å²) in [5.74, 6) is -0.588. The van der Waals surface area contributed by atoms with Crippen LogP contribution in [0.15, 0.2) is 30.7 Å². The Hall–Kier alpha value is -3.20. The monoisotopic (exact) mass is 342 g/mol. The Morgan fingerprint density at radius 3 is 2.88 bits per heavy atom. The van der Waals surface area contributed by atoms with Crippen LogP contribution in [0.3, 0.4) is 0 Å². The number of carbonyl (C=O) groups excluding carboxylic acids is 2. The smallest absolute Gasteiger partial charge is 0.267 e. The summed E-state index contributed by atoms with van der Waals surface area (Å²) in [6, 6.07) is 3.31. The van der Waals surface area contributed by atoms with Crippen molar-refractivity contribution in [3.8, 4) is 11.1 Å². The molecule has 0 bridgehead atoms. The number of anilines is 1. The van der Waals surface area contributed by atoms with Gasteiger partial charge in [0.05, 0.1) is 23.6 Å². The minimum absolute atomic E-state index is 0.230. The number of hydrogen-bond acceptors (Lipinski definition) is 5. The highest BCUT2D eigenvalue weighted by atomic mass is 16.5. The second-order valence-electron chi connectivity index (χ2n) is 5.34. The van der Waals surface area contributed by atoms with Crippen LogP contribution in [0.4, 0.5) is 5.69 Å². The van der Waals surface area contributed by atoms with E-state index in [1.54, 1.807) is 23.0 Å². The fourth-order valence-electron chi connectivity index (χ4n) is 2.71. The molecule has 1 atom stereocenters. The molecule has 0 aliphatic rings. The highest BCUT2D eigenvalue weighted by molar-refractivity contribution is 5.97. The van der Waals surface area contributed by atoms with E-state index in [4.69, 9.17) is 10.5 Å². The van der Waals surface area contributed by atoms with Gasteiger partial charge in [0.2, 0.25) is 6.41 Å². The van der Waals surface area contributed by atoms with Gasteiger partial charge in [-0.3, -0.25) is 9.59 Å². The highest BCUT2D eigenvalue weighted by Gasteiger charge is 2.18. The van der Waals surface area contributed by atoms with Crippen LogP contribution in [0.25, 0.3) is 16.6 Å². The van der Waals surface area contributed by atoms with Gasteiger partial charge < -0.3 is 15.8 Å². The van der Waals surface area contributed by atoms with Gasteiger partial charge in [0, 0.05) is 23.9 Å². The summed E-state index contributed by atoms with van der Waals surface area (Å²) in [6.45, 7) is 4.36. The Morgan fingerprint density at radius 2 is 2.20 bits per heavy atom. The van der Waals surface area contributed by atoms with Crippen LogP contribution in [-0.4, -0.2) is 38.3 Å². The lowest BCUT2D eigenvalue weighted by Crippen LogP contribution is -2.15. The van der Waals surface area contributed by atoms with Crippen molar-refractivity contribution < 1.29 is 14.3 Å². The Balaban J connectivity index is 2.17. The van der Waals surface area contributed by atoms with Gasteiger partial charge in [0.25, 0.3) is 5.91 Å². The first-order chi connectivity index (χ1) is 12.1. The third kappa shape index (κ3) is 2.96. The first-order valence-electron chi connectivity index (χ1n) is 7.73. The predicted molar refractivity (Wildman–Crippen MR) is 91.0 cm³/mol. The fourth-order valence-corrected chi connectivity index (χ4v) is 2.71. The molecule has 3 heterocycles. The van der Waals surface area contributed by atoms with Crippen LogP contribution in [0, 0.1) is 0 Å². The summed E-state index contributed by atoms with van der Waals surface area (Å²) in [6.07, 6.45) is 5.28. The van der Waals surface area contributed by atoms with E-state index in [0.29, 0.717) is 29.8 Å². The van der Waals surface area contributed by atoms with E-state index in [1.807, 2.05) is 20.0 Å². The van der Waals surface area contributed by atoms with Crippen molar-refractivity contribution >= 4 is 23.5 Å². The molecule has 0 aliphatic heterocycles. The molecule has 0 aliphatic carbocycles. The zero-order valence-electron chi connectivity index (χ0n) is 13.8. The molecule has 3 aromatic heterocycles. The van der Waals surface area contributed by atoms with Gasteiger partial charge in [0.15, 0.2) is 0 Å². The van der Waals surface area contributed by atoms with Gasteiger partial charge >= 0.3 is 0 Å². The number of nitrogens with one attached hydrogen (secondary N) is 1. The number of hydrogen-bond donors (Lipinski definition) is 2.